The Morgan fingerprint density at radius 1 is 0.667 bits per heavy atom. The van der Waals surface area contributed by atoms with Gasteiger partial charge < -0.3 is 4.18 Å². The number of hydrogen-bond donors (Lipinski definition) is 0. The van der Waals surface area contributed by atoms with E-state index in [2.05, 4.69) is 11.1 Å². The van der Waals surface area contributed by atoms with E-state index < -0.39 is 16.1 Å². The number of hydrogen-bond acceptors (Lipinski definition) is 4. The van der Waals surface area contributed by atoms with Gasteiger partial charge in [0.15, 0.2) is 0 Å². The van der Waals surface area contributed by atoms with Gasteiger partial charge in [-0.1, -0.05) is 96.8 Å². The summed E-state index contributed by atoms with van der Waals surface area (Å²) in [6, 6.07) is 0. The van der Waals surface area contributed by atoms with Crippen molar-refractivity contribution in [3.8, 4) is 0 Å². The second-order valence-electron chi connectivity index (χ2n) is 6.86. The van der Waals surface area contributed by atoms with E-state index in [0.29, 0.717) is 6.42 Å². The van der Waals surface area contributed by atoms with E-state index in [1.165, 1.54) is 77.0 Å². The Hall–Kier alpha value is -0.580. The Kier molecular flexibility index (Phi) is 15.5. The molecular weight excluding hydrogens is 324 g/mol. The summed E-state index contributed by atoms with van der Waals surface area (Å²) < 4.78 is 25.8. The average molecular weight is 363 g/mol. The van der Waals surface area contributed by atoms with Gasteiger partial charge in [0.25, 0.3) is 0 Å². The molecule has 5 heteroatoms. The van der Waals surface area contributed by atoms with E-state index in [1.807, 2.05) is 0 Å². The highest BCUT2D eigenvalue weighted by atomic mass is 32.2. The van der Waals surface area contributed by atoms with Crippen molar-refractivity contribution in [2.75, 3.05) is 6.26 Å². The lowest BCUT2D eigenvalue weighted by Gasteiger charge is -2.03. The summed E-state index contributed by atoms with van der Waals surface area (Å²) in [7, 11) is -3.64. The van der Waals surface area contributed by atoms with Gasteiger partial charge >= 0.3 is 16.1 Å². The smallest absolute Gasteiger partial charge is 0.322 e. The van der Waals surface area contributed by atoms with Crippen LogP contribution in [0.5, 0.6) is 0 Å². The summed E-state index contributed by atoms with van der Waals surface area (Å²) >= 11 is 0. The van der Waals surface area contributed by atoms with E-state index >= 15 is 0 Å². The number of carbonyl (C=O) groups excluding carboxylic acids is 1. The fourth-order valence-corrected chi connectivity index (χ4v) is 3.27. The van der Waals surface area contributed by atoms with Gasteiger partial charge in [-0.2, -0.15) is 8.42 Å². The van der Waals surface area contributed by atoms with Crippen molar-refractivity contribution in [2.24, 2.45) is 0 Å². The zero-order valence-electron chi connectivity index (χ0n) is 15.9. The Balaban J connectivity index is 3.16. The van der Waals surface area contributed by atoms with Crippen molar-refractivity contribution in [3.63, 3.8) is 0 Å². The van der Waals surface area contributed by atoms with Crippen molar-refractivity contribution in [3.05, 3.63) is 0 Å². The summed E-state index contributed by atoms with van der Waals surface area (Å²) in [5, 5.41) is 0. The highest BCUT2D eigenvalue weighted by Gasteiger charge is 2.09. The summed E-state index contributed by atoms with van der Waals surface area (Å²) in [5.41, 5.74) is 0. The van der Waals surface area contributed by atoms with E-state index in [-0.39, 0.29) is 6.42 Å². The molecule has 0 amide bonds. The maximum Gasteiger partial charge on any atom is 0.322 e. The first-order chi connectivity index (χ1) is 11.5. The standard InChI is InChI=1S/C19H38O4S/c1-3-4-5-6-7-8-9-10-11-12-13-14-15-16-17-18-19(20)23-24(2,21)22/h3-18H2,1-2H3. The van der Waals surface area contributed by atoms with Crippen LogP contribution in [0.1, 0.15) is 110 Å². The summed E-state index contributed by atoms with van der Waals surface area (Å²) in [6.45, 7) is 2.26. The summed E-state index contributed by atoms with van der Waals surface area (Å²) in [4.78, 5) is 11.2. The van der Waals surface area contributed by atoms with Crippen molar-refractivity contribution >= 4 is 16.1 Å². The van der Waals surface area contributed by atoms with Crippen LogP contribution in [-0.4, -0.2) is 20.6 Å². The second kappa shape index (κ2) is 15.9. The van der Waals surface area contributed by atoms with Gasteiger partial charge in [-0.05, 0) is 6.42 Å². The molecule has 0 spiro atoms. The van der Waals surface area contributed by atoms with Crippen LogP contribution < -0.4 is 0 Å². The zero-order chi connectivity index (χ0) is 18.1. The van der Waals surface area contributed by atoms with Gasteiger partial charge in [0.05, 0.1) is 6.26 Å². The maximum absolute atomic E-state index is 11.2. The SMILES string of the molecule is CCCCCCCCCCCCCCCCCC(=O)OS(C)(=O)=O. The molecule has 0 saturated heterocycles. The molecule has 0 aromatic rings. The molecule has 0 aliphatic rings. The van der Waals surface area contributed by atoms with Crippen LogP contribution in [0.4, 0.5) is 0 Å². The van der Waals surface area contributed by atoms with Crippen LogP contribution in [0.2, 0.25) is 0 Å². The monoisotopic (exact) mass is 362 g/mol. The van der Waals surface area contributed by atoms with Gasteiger partial charge in [-0.3, -0.25) is 4.79 Å². The van der Waals surface area contributed by atoms with Crippen LogP contribution in [-0.2, 0) is 19.1 Å². The molecule has 0 aromatic heterocycles. The molecule has 0 radical (unpaired) electrons. The first kappa shape index (κ1) is 23.4. The van der Waals surface area contributed by atoms with E-state index in [9.17, 15) is 13.2 Å². The number of unbranched alkanes of at least 4 members (excludes halogenated alkanes) is 14. The summed E-state index contributed by atoms with van der Waals surface area (Å²) in [5.74, 6) is -0.632. The van der Waals surface area contributed by atoms with Crippen LogP contribution in [0, 0.1) is 0 Å². The van der Waals surface area contributed by atoms with Crippen molar-refractivity contribution in [1.82, 2.24) is 0 Å². The number of rotatable bonds is 17. The molecule has 0 unspecified atom stereocenters. The predicted octanol–water partition coefficient (Wildman–Crippen LogP) is 5.75. The highest BCUT2D eigenvalue weighted by molar-refractivity contribution is 7.86. The fraction of sp³-hybridized carbons (Fsp3) is 0.947. The van der Waals surface area contributed by atoms with E-state index in [4.69, 9.17) is 0 Å². The molecule has 0 rings (SSSR count). The largest absolute Gasteiger partial charge is 0.346 e. The van der Waals surface area contributed by atoms with Gasteiger partial charge in [-0.15, -0.1) is 0 Å². The van der Waals surface area contributed by atoms with E-state index in [1.54, 1.807) is 0 Å². The van der Waals surface area contributed by atoms with E-state index in [0.717, 1.165) is 19.1 Å². The molecule has 0 bridgehead atoms. The lowest BCUT2D eigenvalue weighted by Crippen LogP contribution is -2.10. The minimum Gasteiger partial charge on any atom is -0.346 e. The Labute approximate surface area is 149 Å². The van der Waals surface area contributed by atoms with Gasteiger partial charge in [0, 0.05) is 6.42 Å². The molecule has 0 aromatic carbocycles. The lowest BCUT2D eigenvalue weighted by atomic mass is 10.0. The molecular formula is C19H38O4S. The van der Waals surface area contributed by atoms with Crippen LogP contribution in [0.3, 0.4) is 0 Å². The third-order valence-electron chi connectivity index (χ3n) is 4.23. The minimum atomic E-state index is -3.64. The molecule has 0 aliphatic heterocycles. The normalized spacial score (nSPS) is 11.6. The minimum absolute atomic E-state index is 0.200. The van der Waals surface area contributed by atoms with Crippen LogP contribution in [0.25, 0.3) is 0 Å². The third-order valence-corrected chi connectivity index (χ3v) is 4.72. The quantitative estimate of drug-likeness (QED) is 0.244. The molecule has 0 heterocycles. The average Bonchev–Trinajstić information content (AvgIpc) is 2.49. The zero-order valence-corrected chi connectivity index (χ0v) is 16.7. The molecule has 144 valence electrons. The lowest BCUT2D eigenvalue weighted by molar-refractivity contribution is -0.133. The molecule has 0 N–H and O–H groups in total. The van der Waals surface area contributed by atoms with Crippen molar-refractivity contribution in [2.45, 2.75) is 110 Å². The topological polar surface area (TPSA) is 60.4 Å². The highest BCUT2D eigenvalue weighted by Crippen LogP contribution is 2.13. The molecule has 0 aliphatic carbocycles. The fourth-order valence-electron chi connectivity index (χ4n) is 2.85. The van der Waals surface area contributed by atoms with Crippen molar-refractivity contribution < 1.29 is 17.4 Å². The molecule has 4 nitrogen and oxygen atoms in total. The predicted molar refractivity (Wildman–Crippen MR) is 100 cm³/mol. The Morgan fingerprint density at radius 2 is 1.00 bits per heavy atom. The van der Waals surface area contributed by atoms with Crippen LogP contribution in [0.15, 0.2) is 0 Å². The van der Waals surface area contributed by atoms with Gasteiger partial charge in [-0.25, -0.2) is 0 Å². The first-order valence-corrected chi connectivity index (χ1v) is 11.7. The summed E-state index contributed by atoms with van der Waals surface area (Å²) in [6.07, 6.45) is 20.1. The number of carbonyl (C=O) groups is 1. The molecule has 0 saturated carbocycles. The Morgan fingerprint density at radius 3 is 1.33 bits per heavy atom. The second-order valence-corrected chi connectivity index (χ2v) is 8.43. The molecule has 24 heavy (non-hydrogen) atoms. The first-order valence-electron chi connectivity index (χ1n) is 9.88. The maximum atomic E-state index is 11.2. The van der Waals surface area contributed by atoms with Crippen LogP contribution >= 0.6 is 0 Å². The van der Waals surface area contributed by atoms with Crippen molar-refractivity contribution in [1.29, 1.82) is 0 Å². The molecule has 0 fully saturated rings. The Bertz CT molecular complexity index is 390. The molecule has 0 atom stereocenters. The van der Waals surface area contributed by atoms with Gasteiger partial charge in [0.2, 0.25) is 0 Å². The third kappa shape index (κ3) is 19.5. The van der Waals surface area contributed by atoms with Gasteiger partial charge in [0.1, 0.15) is 0 Å².